The third-order valence-electron chi connectivity index (χ3n) is 6.42. The molecule has 1 aliphatic rings. The number of hydrogen-bond acceptors (Lipinski definition) is 5. The molecule has 7 nitrogen and oxygen atoms in total. The summed E-state index contributed by atoms with van der Waals surface area (Å²) < 4.78 is 43.5. The van der Waals surface area contributed by atoms with E-state index in [0.29, 0.717) is 24.3 Å². The summed E-state index contributed by atoms with van der Waals surface area (Å²) in [6.07, 6.45) is 1.82. The highest BCUT2D eigenvalue weighted by Crippen LogP contribution is 2.34. The lowest BCUT2D eigenvalue weighted by molar-refractivity contribution is -0.138. The molecule has 4 aromatic rings. The number of alkyl halides is 3. The number of anilines is 1. The Balaban J connectivity index is 1.32. The molecule has 10 heteroatoms. The standard InChI is InChI=1S/C28H25F3N6O/c1-35-10-12-36(13-11-35)19-21-6-7-23(15-25(21)28(29,30)31)34-27(38)22-14-20(16-32-17-22)5-8-24-18-33-26-4-2-3-9-37(24)26/h2-4,6-7,9,14-18H,10-13,19H2,1H3,(H,34,38). The average Bonchev–Trinajstić information content (AvgIpc) is 3.32. The van der Waals surface area contributed by atoms with Crippen LogP contribution in [0.15, 0.2) is 67.3 Å². The summed E-state index contributed by atoms with van der Waals surface area (Å²) in [5.74, 6) is 5.41. The van der Waals surface area contributed by atoms with E-state index < -0.39 is 17.6 Å². The van der Waals surface area contributed by atoms with E-state index in [0.717, 1.165) is 24.8 Å². The van der Waals surface area contributed by atoms with E-state index in [4.69, 9.17) is 0 Å². The number of benzene rings is 1. The second-order valence-corrected chi connectivity index (χ2v) is 9.19. The summed E-state index contributed by atoms with van der Waals surface area (Å²) in [5.41, 5.74) is 1.60. The number of hydrogen-bond donors (Lipinski definition) is 1. The van der Waals surface area contributed by atoms with Crippen molar-refractivity contribution in [2.24, 2.45) is 0 Å². The molecule has 1 aromatic carbocycles. The van der Waals surface area contributed by atoms with E-state index >= 15 is 0 Å². The van der Waals surface area contributed by atoms with Crippen LogP contribution in [0.5, 0.6) is 0 Å². The van der Waals surface area contributed by atoms with Gasteiger partial charge in [-0.1, -0.05) is 18.1 Å². The average molecular weight is 519 g/mol. The summed E-state index contributed by atoms with van der Waals surface area (Å²) in [4.78, 5) is 25.4. The van der Waals surface area contributed by atoms with Gasteiger partial charge in [0.25, 0.3) is 5.91 Å². The van der Waals surface area contributed by atoms with Crippen LogP contribution in [0.4, 0.5) is 18.9 Å². The van der Waals surface area contributed by atoms with Crippen molar-refractivity contribution in [1.29, 1.82) is 0 Å². The van der Waals surface area contributed by atoms with E-state index in [1.165, 1.54) is 24.5 Å². The Morgan fingerprint density at radius 3 is 2.63 bits per heavy atom. The van der Waals surface area contributed by atoms with Crippen molar-refractivity contribution in [2.75, 3.05) is 38.5 Å². The van der Waals surface area contributed by atoms with Crippen LogP contribution in [0, 0.1) is 11.8 Å². The molecular weight excluding hydrogens is 493 g/mol. The van der Waals surface area contributed by atoms with Crippen molar-refractivity contribution in [1.82, 2.24) is 24.2 Å². The van der Waals surface area contributed by atoms with Gasteiger partial charge in [-0.05, 0) is 48.9 Å². The maximum atomic E-state index is 13.9. The number of piperazine rings is 1. The maximum absolute atomic E-state index is 13.9. The van der Waals surface area contributed by atoms with E-state index in [-0.39, 0.29) is 23.4 Å². The number of pyridine rings is 2. The fourth-order valence-electron chi connectivity index (χ4n) is 4.30. The van der Waals surface area contributed by atoms with E-state index in [1.54, 1.807) is 12.3 Å². The number of nitrogens with one attached hydrogen (secondary N) is 1. The predicted octanol–water partition coefficient (Wildman–Crippen LogP) is 4.15. The van der Waals surface area contributed by atoms with Crippen LogP contribution >= 0.6 is 0 Å². The zero-order valence-electron chi connectivity index (χ0n) is 20.7. The first-order chi connectivity index (χ1) is 18.3. The zero-order chi connectivity index (χ0) is 26.7. The van der Waals surface area contributed by atoms with Gasteiger partial charge in [0.1, 0.15) is 11.3 Å². The van der Waals surface area contributed by atoms with E-state index in [2.05, 4.69) is 32.0 Å². The smallest absolute Gasteiger partial charge is 0.322 e. The SMILES string of the molecule is CN1CCN(Cc2ccc(NC(=O)c3cncc(C#Cc4cnc5ccccn45)c3)cc2C(F)(F)F)CC1. The Hall–Kier alpha value is -4.20. The third-order valence-corrected chi connectivity index (χ3v) is 6.42. The first-order valence-corrected chi connectivity index (χ1v) is 12.1. The molecule has 5 rings (SSSR count). The summed E-state index contributed by atoms with van der Waals surface area (Å²) in [7, 11) is 2.00. The molecule has 0 unspecified atom stereocenters. The first kappa shape index (κ1) is 25.4. The van der Waals surface area contributed by atoms with Gasteiger partial charge in [-0.3, -0.25) is 19.1 Å². The van der Waals surface area contributed by atoms with Crippen LogP contribution in [0.1, 0.15) is 32.7 Å². The monoisotopic (exact) mass is 518 g/mol. The summed E-state index contributed by atoms with van der Waals surface area (Å²) in [6.45, 7) is 3.23. The second kappa shape index (κ2) is 10.7. The van der Waals surface area contributed by atoms with Gasteiger partial charge >= 0.3 is 6.18 Å². The zero-order valence-corrected chi connectivity index (χ0v) is 20.7. The lowest BCUT2D eigenvalue weighted by Gasteiger charge is -2.33. The van der Waals surface area contributed by atoms with Crippen LogP contribution in [-0.2, 0) is 12.7 Å². The number of carbonyl (C=O) groups is 1. The van der Waals surface area contributed by atoms with Crippen LogP contribution in [0.2, 0.25) is 0 Å². The fourth-order valence-corrected chi connectivity index (χ4v) is 4.30. The van der Waals surface area contributed by atoms with E-state index in [9.17, 15) is 18.0 Å². The minimum absolute atomic E-state index is 0.0617. The number of halogens is 3. The highest BCUT2D eigenvalue weighted by Gasteiger charge is 2.34. The Kier molecular flexibility index (Phi) is 7.13. The number of likely N-dealkylation sites (N-methyl/N-ethyl adjacent to an activating group) is 1. The van der Waals surface area contributed by atoms with Gasteiger partial charge in [-0.15, -0.1) is 0 Å². The molecule has 1 amide bonds. The lowest BCUT2D eigenvalue weighted by atomic mass is 10.0. The van der Waals surface area contributed by atoms with Gasteiger partial charge in [-0.2, -0.15) is 13.2 Å². The van der Waals surface area contributed by atoms with Crippen LogP contribution in [0.25, 0.3) is 5.65 Å². The number of amides is 1. The Morgan fingerprint density at radius 2 is 1.84 bits per heavy atom. The lowest BCUT2D eigenvalue weighted by Crippen LogP contribution is -2.44. The number of aromatic nitrogens is 3. The number of rotatable bonds is 4. The summed E-state index contributed by atoms with van der Waals surface area (Å²) in [6, 6.07) is 11.1. The van der Waals surface area contributed by atoms with Crippen molar-refractivity contribution < 1.29 is 18.0 Å². The van der Waals surface area contributed by atoms with Gasteiger partial charge in [0.2, 0.25) is 0 Å². The minimum Gasteiger partial charge on any atom is -0.322 e. The fraction of sp³-hybridized carbons (Fsp3) is 0.250. The number of carbonyl (C=O) groups excluding carboxylic acids is 1. The quantitative estimate of drug-likeness (QED) is 0.412. The molecule has 0 atom stereocenters. The topological polar surface area (TPSA) is 65.8 Å². The van der Waals surface area contributed by atoms with Crippen LogP contribution in [0.3, 0.4) is 0 Å². The Labute approximate surface area is 217 Å². The number of nitrogens with zero attached hydrogens (tertiary/aromatic N) is 5. The van der Waals surface area contributed by atoms with Crippen molar-refractivity contribution in [3.8, 4) is 11.8 Å². The third kappa shape index (κ3) is 5.85. The van der Waals surface area contributed by atoms with Gasteiger partial charge in [0.15, 0.2) is 0 Å². The molecule has 1 N–H and O–H groups in total. The molecule has 4 heterocycles. The molecule has 0 saturated carbocycles. The summed E-state index contributed by atoms with van der Waals surface area (Å²) in [5, 5.41) is 2.57. The Morgan fingerprint density at radius 1 is 1.03 bits per heavy atom. The van der Waals surface area contributed by atoms with Crippen LogP contribution in [-0.4, -0.2) is 63.3 Å². The number of imidazole rings is 1. The highest BCUT2D eigenvalue weighted by molar-refractivity contribution is 6.04. The Bertz CT molecular complexity index is 1530. The van der Waals surface area contributed by atoms with Crippen molar-refractivity contribution in [2.45, 2.75) is 12.7 Å². The molecule has 0 bridgehead atoms. The molecule has 0 aliphatic carbocycles. The molecule has 3 aromatic heterocycles. The van der Waals surface area contributed by atoms with Gasteiger partial charge in [0.05, 0.1) is 17.3 Å². The maximum Gasteiger partial charge on any atom is 0.416 e. The molecule has 194 valence electrons. The minimum atomic E-state index is -4.54. The molecule has 1 aliphatic heterocycles. The van der Waals surface area contributed by atoms with Gasteiger partial charge in [0, 0.05) is 62.6 Å². The molecule has 1 saturated heterocycles. The van der Waals surface area contributed by atoms with Gasteiger partial charge < -0.3 is 10.2 Å². The molecule has 0 radical (unpaired) electrons. The molecule has 1 fully saturated rings. The van der Waals surface area contributed by atoms with Crippen molar-refractivity contribution in [3.05, 3.63) is 95.2 Å². The summed E-state index contributed by atoms with van der Waals surface area (Å²) >= 11 is 0. The number of fused-ring (bicyclic) bond motifs is 1. The largest absolute Gasteiger partial charge is 0.416 e. The van der Waals surface area contributed by atoms with Crippen molar-refractivity contribution in [3.63, 3.8) is 0 Å². The molecular formula is C28H25F3N6O. The highest BCUT2D eigenvalue weighted by atomic mass is 19.4. The molecule has 0 spiro atoms. The van der Waals surface area contributed by atoms with E-state index in [1.807, 2.05) is 40.7 Å². The normalized spacial score (nSPS) is 14.7. The van der Waals surface area contributed by atoms with Crippen molar-refractivity contribution >= 4 is 17.2 Å². The molecule has 38 heavy (non-hydrogen) atoms. The van der Waals surface area contributed by atoms with Crippen LogP contribution < -0.4 is 5.32 Å². The first-order valence-electron chi connectivity index (χ1n) is 12.1. The van der Waals surface area contributed by atoms with Gasteiger partial charge in [-0.25, -0.2) is 4.98 Å². The predicted molar refractivity (Wildman–Crippen MR) is 138 cm³/mol. The second-order valence-electron chi connectivity index (χ2n) is 9.19.